The molecule has 20 heavy (non-hydrogen) atoms. The van der Waals surface area contributed by atoms with Crippen molar-refractivity contribution in [3.05, 3.63) is 47.6 Å². The molecule has 1 atom stereocenters. The second kappa shape index (κ2) is 5.89. The van der Waals surface area contributed by atoms with Crippen LogP contribution in [0, 0.1) is 0 Å². The van der Waals surface area contributed by atoms with Crippen LogP contribution in [0.25, 0.3) is 10.7 Å². The minimum Gasteiger partial charge on any atom is -0.302 e. The molecule has 0 aliphatic heterocycles. The lowest BCUT2D eigenvalue weighted by molar-refractivity contribution is 0.543. The minimum atomic E-state index is 0.109. The normalized spacial score (nSPS) is 12.4. The maximum atomic E-state index is 4.58. The van der Waals surface area contributed by atoms with Gasteiger partial charge in [-0.3, -0.25) is 10.1 Å². The predicted octanol–water partition coefficient (Wildman–Crippen LogP) is 2.17. The Morgan fingerprint density at radius 1 is 1.35 bits per heavy atom. The highest BCUT2D eigenvalue weighted by Crippen LogP contribution is 2.21. The van der Waals surface area contributed by atoms with E-state index in [9.17, 15) is 0 Å². The van der Waals surface area contributed by atoms with E-state index in [0.29, 0.717) is 6.54 Å². The molecular weight excluding hydrogens is 272 g/mol. The summed E-state index contributed by atoms with van der Waals surface area (Å²) >= 11 is 1.60. The van der Waals surface area contributed by atoms with Crippen molar-refractivity contribution in [3.8, 4) is 10.7 Å². The van der Waals surface area contributed by atoms with Crippen LogP contribution < -0.4 is 5.32 Å². The largest absolute Gasteiger partial charge is 0.302 e. The van der Waals surface area contributed by atoms with E-state index in [1.807, 2.05) is 30.5 Å². The summed E-state index contributed by atoms with van der Waals surface area (Å²) in [6.07, 6.45) is 3.29. The summed E-state index contributed by atoms with van der Waals surface area (Å²) in [6.45, 7) is 2.72. The Labute approximate surface area is 120 Å². The Bertz CT molecular complexity index is 649. The number of nitrogens with zero attached hydrogens (tertiary/aromatic N) is 4. The first-order valence-corrected chi connectivity index (χ1v) is 7.15. The predicted molar refractivity (Wildman–Crippen MR) is 77.0 cm³/mol. The highest BCUT2D eigenvalue weighted by atomic mass is 32.1. The fraction of sp³-hybridized carbons (Fsp3) is 0.231. The molecule has 3 heterocycles. The van der Waals surface area contributed by atoms with E-state index < -0.39 is 0 Å². The molecule has 0 aromatic carbocycles. The van der Waals surface area contributed by atoms with Crippen LogP contribution in [-0.2, 0) is 6.54 Å². The van der Waals surface area contributed by atoms with Crippen molar-refractivity contribution in [2.24, 2.45) is 0 Å². The van der Waals surface area contributed by atoms with Crippen LogP contribution in [0.4, 0.5) is 0 Å². The van der Waals surface area contributed by atoms with Crippen LogP contribution in [0.15, 0.2) is 36.1 Å². The van der Waals surface area contributed by atoms with E-state index in [-0.39, 0.29) is 6.04 Å². The molecule has 0 aliphatic carbocycles. The van der Waals surface area contributed by atoms with Gasteiger partial charge in [0.05, 0.1) is 17.4 Å². The van der Waals surface area contributed by atoms with Gasteiger partial charge < -0.3 is 5.32 Å². The van der Waals surface area contributed by atoms with Crippen LogP contribution in [0.3, 0.4) is 0 Å². The molecule has 0 amide bonds. The van der Waals surface area contributed by atoms with Gasteiger partial charge in [0.2, 0.25) is 0 Å². The van der Waals surface area contributed by atoms with Gasteiger partial charge in [0, 0.05) is 18.1 Å². The lowest BCUT2D eigenvalue weighted by Gasteiger charge is -2.08. The molecular formula is C13H14N6S. The molecule has 0 saturated carbocycles. The highest BCUT2D eigenvalue weighted by molar-refractivity contribution is 7.13. The lowest BCUT2D eigenvalue weighted by Crippen LogP contribution is -2.19. The number of H-pyrrole nitrogens is 1. The monoisotopic (exact) mass is 286 g/mol. The first-order valence-electron chi connectivity index (χ1n) is 6.27. The number of thiazole rings is 1. The van der Waals surface area contributed by atoms with Crippen molar-refractivity contribution < 1.29 is 0 Å². The molecule has 0 saturated heterocycles. The van der Waals surface area contributed by atoms with E-state index in [0.717, 1.165) is 22.2 Å². The number of aromatic amines is 1. The van der Waals surface area contributed by atoms with Crippen molar-refractivity contribution in [3.63, 3.8) is 0 Å². The molecule has 6 nitrogen and oxygen atoms in total. The topological polar surface area (TPSA) is 79.4 Å². The van der Waals surface area contributed by atoms with Gasteiger partial charge in [-0.1, -0.05) is 6.07 Å². The van der Waals surface area contributed by atoms with Crippen LogP contribution in [0.2, 0.25) is 0 Å². The van der Waals surface area contributed by atoms with Crippen LogP contribution in [-0.4, -0.2) is 25.1 Å². The molecule has 0 radical (unpaired) electrons. The van der Waals surface area contributed by atoms with Crippen LogP contribution in [0.1, 0.15) is 24.5 Å². The quantitative estimate of drug-likeness (QED) is 0.751. The molecule has 0 bridgehead atoms. The molecule has 3 aromatic rings. The van der Waals surface area contributed by atoms with Crippen molar-refractivity contribution in [1.82, 2.24) is 30.5 Å². The second-order valence-corrected chi connectivity index (χ2v) is 5.19. The summed E-state index contributed by atoms with van der Waals surface area (Å²) in [7, 11) is 0. The highest BCUT2D eigenvalue weighted by Gasteiger charge is 2.09. The minimum absolute atomic E-state index is 0.109. The van der Waals surface area contributed by atoms with Crippen molar-refractivity contribution in [1.29, 1.82) is 0 Å². The first-order chi connectivity index (χ1) is 9.83. The van der Waals surface area contributed by atoms with Crippen molar-refractivity contribution >= 4 is 11.3 Å². The zero-order valence-electron chi connectivity index (χ0n) is 10.9. The molecule has 3 aromatic heterocycles. The van der Waals surface area contributed by atoms with Gasteiger partial charge >= 0.3 is 0 Å². The summed E-state index contributed by atoms with van der Waals surface area (Å²) in [6, 6.07) is 5.94. The van der Waals surface area contributed by atoms with E-state index in [1.165, 1.54) is 6.33 Å². The number of pyridine rings is 1. The lowest BCUT2D eigenvalue weighted by atomic mass is 10.3. The van der Waals surface area contributed by atoms with Crippen LogP contribution >= 0.6 is 11.3 Å². The van der Waals surface area contributed by atoms with E-state index in [2.05, 4.69) is 30.5 Å². The van der Waals surface area contributed by atoms with Crippen molar-refractivity contribution in [2.45, 2.75) is 19.5 Å². The maximum absolute atomic E-state index is 4.58. The number of hydrogen-bond acceptors (Lipinski definition) is 6. The fourth-order valence-corrected chi connectivity index (χ4v) is 2.57. The molecule has 2 N–H and O–H groups in total. The standard InChI is InChI=1S/C13H14N6S/c1-9(12-16-8-17-19-12)15-6-10-7-20-13(18-10)11-4-2-3-5-14-11/h2-5,7-9,15H,6H2,1H3,(H,16,17,19). The molecule has 0 spiro atoms. The fourth-order valence-electron chi connectivity index (χ4n) is 1.77. The summed E-state index contributed by atoms with van der Waals surface area (Å²) in [4.78, 5) is 13.0. The summed E-state index contributed by atoms with van der Waals surface area (Å²) in [5.74, 6) is 0.824. The molecule has 0 aliphatic rings. The molecule has 7 heteroatoms. The SMILES string of the molecule is CC(NCc1csc(-c2ccccn2)n1)c1ncn[nH]1. The zero-order chi connectivity index (χ0) is 13.8. The van der Waals surface area contributed by atoms with Gasteiger partial charge in [0.15, 0.2) is 0 Å². The molecule has 0 fully saturated rings. The average Bonchev–Trinajstić information content (AvgIpc) is 3.17. The number of nitrogens with one attached hydrogen (secondary N) is 2. The maximum Gasteiger partial charge on any atom is 0.142 e. The van der Waals surface area contributed by atoms with Gasteiger partial charge in [-0.2, -0.15) is 5.10 Å². The summed E-state index contributed by atoms with van der Waals surface area (Å²) in [5.41, 5.74) is 1.91. The summed E-state index contributed by atoms with van der Waals surface area (Å²) < 4.78 is 0. The second-order valence-electron chi connectivity index (χ2n) is 4.33. The van der Waals surface area contributed by atoms with Gasteiger partial charge in [-0.25, -0.2) is 9.97 Å². The zero-order valence-corrected chi connectivity index (χ0v) is 11.8. The van der Waals surface area contributed by atoms with E-state index >= 15 is 0 Å². The first kappa shape index (κ1) is 12.9. The Hall–Kier alpha value is -2.12. The third-order valence-electron chi connectivity index (χ3n) is 2.87. The van der Waals surface area contributed by atoms with Gasteiger partial charge in [-0.05, 0) is 19.1 Å². The van der Waals surface area contributed by atoms with Gasteiger partial charge in [-0.15, -0.1) is 11.3 Å². The van der Waals surface area contributed by atoms with Crippen LogP contribution in [0.5, 0.6) is 0 Å². The Morgan fingerprint density at radius 2 is 2.30 bits per heavy atom. The average molecular weight is 286 g/mol. The Balaban J connectivity index is 1.63. The third-order valence-corrected chi connectivity index (χ3v) is 3.78. The number of hydrogen-bond donors (Lipinski definition) is 2. The molecule has 3 rings (SSSR count). The third kappa shape index (κ3) is 2.89. The Kier molecular flexibility index (Phi) is 3.80. The Morgan fingerprint density at radius 3 is 3.05 bits per heavy atom. The van der Waals surface area contributed by atoms with E-state index in [1.54, 1.807) is 17.5 Å². The number of aromatic nitrogens is 5. The van der Waals surface area contributed by atoms with Crippen molar-refractivity contribution in [2.75, 3.05) is 0 Å². The van der Waals surface area contributed by atoms with Gasteiger partial charge in [0.25, 0.3) is 0 Å². The smallest absolute Gasteiger partial charge is 0.142 e. The summed E-state index contributed by atoms with van der Waals surface area (Å²) in [5, 5.41) is 13.0. The molecule has 102 valence electrons. The van der Waals surface area contributed by atoms with Gasteiger partial charge in [0.1, 0.15) is 17.2 Å². The molecule has 1 unspecified atom stereocenters. The number of rotatable bonds is 5. The van der Waals surface area contributed by atoms with E-state index in [4.69, 9.17) is 0 Å².